The maximum atomic E-state index is 13.4. The number of imide groups is 2. The molecule has 5 aliphatic rings. The number of likely N-dealkylation sites (tertiary alicyclic amines) is 1. The number of nitriles is 1. The van der Waals surface area contributed by atoms with E-state index in [1.807, 2.05) is 12.1 Å². The van der Waals surface area contributed by atoms with Gasteiger partial charge in [0, 0.05) is 80.0 Å². The van der Waals surface area contributed by atoms with E-state index in [0.29, 0.717) is 43.4 Å². The maximum absolute atomic E-state index is 13.4. The fraction of sp³-hybridized carbons (Fsp3) is 0.419. The maximum Gasteiger partial charge on any atom is 0.417 e. The third-order valence-electron chi connectivity index (χ3n) is 11.9. The van der Waals surface area contributed by atoms with Crippen molar-refractivity contribution in [3.05, 3.63) is 82.5 Å². The molecule has 1 unspecified atom stereocenters. The molecule has 3 aromatic rings. The molecule has 1 atom stereocenters. The van der Waals surface area contributed by atoms with E-state index in [9.17, 15) is 37.1 Å². The van der Waals surface area contributed by atoms with E-state index in [2.05, 4.69) is 37.3 Å². The van der Waals surface area contributed by atoms with Gasteiger partial charge in [0.05, 0.1) is 28.3 Å². The second-order valence-corrected chi connectivity index (χ2v) is 15.8. The van der Waals surface area contributed by atoms with Crippen molar-refractivity contribution in [2.24, 2.45) is 17.8 Å². The van der Waals surface area contributed by atoms with E-state index >= 15 is 0 Å². The van der Waals surface area contributed by atoms with Crippen LogP contribution in [0.3, 0.4) is 0 Å². The smallest absolute Gasteiger partial charge is 0.371 e. The summed E-state index contributed by atoms with van der Waals surface area (Å²) in [6.45, 7) is 5.30. The van der Waals surface area contributed by atoms with Gasteiger partial charge >= 0.3 is 6.18 Å². The first-order chi connectivity index (χ1) is 28.3. The molecule has 2 N–H and O–H groups in total. The molecular formula is C43H41F3N8O5. The molecule has 6 heterocycles. The van der Waals surface area contributed by atoms with Gasteiger partial charge in [0.1, 0.15) is 11.9 Å². The Hall–Kier alpha value is -6.26. The van der Waals surface area contributed by atoms with Gasteiger partial charge in [-0.3, -0.25) is 34.2 Å². The van der Waals surface area contributed by atoms with E-state index < -0.39 is 47.0 Å². The summed E-state index contributed by atoms with van der Waals surface area (Å²) in [5.74, 6) is 5.18. The van der Waals surface area contributed by atoms with Crippen molar-refractivity contribution in [3.8, 4) is 17.9 Å². The van der Waals surface area contributed by atoms with Crippen LogP contribution in [0.4, 0.5) is 30.4 Å². The third kappa shape index (κ3) is 8.36. The number of alkyl halides is 3. The number of nitrogens with zero attached hydrogens (tertiary/aromatic N) is 6. The minimum Gasteiger partial charge on any atom is -0.371 e. The fourth-order valence-electron chi connectivity index (χ4n) is 8.59. The first kappa shape index (κ1) is 39.6. The van der Waals surface area contributed by atoms with Crippen LogP contribution in [0.15, 0.2) is 54.7 Å². The standard InChI is InChI=1S/C43H41F3N8O5/c44-43(45,46)35-20-32(5-4-30(35)21-47)52-17-13-29(14-18-52)39(56)49-37-9-3-27(22-48-37)2-1-26-11-15-51(16-12-26)23-28-24-53(25-28)31-6-7-33-34(19-31)42(59)54(41(33)58)36-8-10-38(55)50-40(36)57/h3-7,9,19-20,22,26,28-29,36H,8,10-18,23-25H2,(H,48,49,56)(H,50,55,57). The zero-order chi connectivity index (χ0) is 41.4. The Morgan fingerprint density at radius 2 is 1.58 bits per heavy atom. The molecule has 4 saturated heterocycles. The molecule has 0 saturated carbocycles. The molecule has 2 aromatic carbocycles. The van der Waals surface area contributed by atoms with Crippen LogP contribution in [0, 0.1) is 40.9 Å². The van der Waals surface area contributed by atoms with Gasteiger partial charge in [-0.1, -0.05) is 11.8 Å². The number of benzene rings is 2. The lowest BCUT2D eigenvalue weighted by atomic mass is 9.93. The fourth-order valence-corrected chi connectivity index (χ4v) is 8.59. The second kappa shape index (κ2) is 16.2. The largest absolute Gasteiger partial charge is 0.417 e. The Kier molecular flexibility index (Phi) is 10.8. The van der Waals surface area contributed by atoms with E-state index in [1.54, 1.807) is 35.4 Å². The Labute approximate surface area is 338 Å². The molecule has 8 rings (SSSR count). The van der Waals surface area contributed by atoms with E-state index in [0.717, 1.165) is 67.8 Å². The zero-order valence-electron chi connectivity index (χ0n) is 32.1. The molecule has 5 aliphatic heterocycles. The molecule has 0 radical (unpaired) electrons. The highest BCUT2D eigenvalue weighted by Crippen LogP contribution is 2.36. The number of pyridine rings is 1. The Morgan fingerprint density at radius 3 is 2.25 bits per heavy atom. The molecule has 0 spiro atoms. The minimum absolute atomic E-state index is 0.0765. The number of anilines is 3. The van der Waals surface area contributed by atoms with Crippen LogP contribution in [0.5, 0.6) is 0 Å². The lowest BCUT2D eigenvalue weighted by molar-refractivity contribution is -0.138. The number of aromatic nitrogens is 1. The number of nitrogens with one attached hydrogen (secondary N) is 2. The van der Waals surface area contributed by atoms with E-state index in [1.165, 1.54) is 12.1 Å². The number of fused-ring (bicyclic) bond motifs is 1. The number of carbonyl (C=O) groups is 5. The van der Waals surface area contributed by atoms with Gasteiger partial charge in [0.25, 0.3) is 11.8 Å². The molecule has 0 aliphatic carbocycles. The molecule has 304 valence electrons. The van der Waals surface area contributed by atoms with Crippen molar-refractivity contribution in [1.82, 2.24) is 20.1 Å². The first-order valence-corrected chi connectivity index (χ1v) is 19.8. The number of halogens is 3. The summed E-state index contributed by atoms with van der Waals surface area (Å²) >= 11 is 0. The molecule has 1 aromatic heterocycles. The van der Waals surface area contributed by atoms with Crippen LogP contribution in [0.1, 0.15) is 75.9 Å². The third-order valence-corrected chi connectivity index (χ3v) is 11.9. The van der Waals surface area contributed by atoms with Crippen LogP contribution < -0.4 is 20.4 Å². The van der Waals surface area contributed by atoms with Crippen LogP contribution in [0.25, 0.3) is 0 Å². The van der Waals surface area contributed by atoms with Crippen LogP contribution in [0.2, 0.25) is 0 Å². The average Bonchev–Trinajstić information content (AvgIpc) is 3.46. The van der Waals surface area contributed by atoms with Gasteiger partial charge in [-0.2, -0.15) is 18.4 Å². The van der Waals surface area contributed by atoms with Gasteiger partial charge in [-0.05, 0) is 93.7 Å². The van der Waals surface area contributed by atoms with Gasteiger partial charge in [0.2, 0.25) is 17.7 Å². The van der Waals surface area contributed by atoms with Gasteiger partial charge in [-0.15, -0.1) is 0 Å². The molecule has 13 nitrogen and oxygen atoms in total. The highest BCUT2D eigenvalue weighted by molar-refractivity contribution is 6.23. The molecule has 59 heavy (non-hydrogen) atoms. The van der Waals surface area contributed by atoms with E-state index in [-0.39, 0.29) is 41.7 Å². The summed E-state index contributed by atoms with van der Waals surface area (Å²) in [6, 6.07) is 13.1. The summed E-state index contributed by atoms with van der Waals surface area (Å²) < 4.78 is 40.3. The van der Waals surface area contributed by atoms with Gasteiger partial charge < -0.3 is 20.0 Å². The quantitative estimate of drug-likeness (QED) is 0.259. The van der Waals surface area contributed by atoms with Crippen molar-refractivity contribution < 1.29 is 37.1 Å². The first-order valence-electron chi connectivity index (χ1n) is 19.8. The number of hydrogen-bond donors (Lipinski definition) is 2. The topological polar surface area (TPSA) is 159 Å². The normalized spacial score (nSPS) is 20.7. The second-order valence-electron chi connectivity index (χ2n) is 15.8. The van der Waals surface area contributed by atoms with Crippen molar-refractivity contribution in [3.63, 3.8) is 0 Å². The zero-order valence-corrected chi connectivity index (χ0v) is 32.1. The minimum atomic E-state index is -4.63. The van der Waals surface area contributed by atoms with Gasteiger partial charge in [0.15, 0.2) is 0 Å². The average molecular weight is 807 g/mol. The van der Waals surface area contributed by atoms with Crippen LogP contribution in [-0.4, -0.2) is 96.2 Å². The lowest BCUT2D eigenvalue weighted by Crippen LogP contribution is -2.54. The molecule has 0 bridgehead atoms. The summed E-state index contributed by atoms with van der Waals surface area (Å²) in [6.07, 6.45) is 0.0248. The predicted octanol–water partition coefficient (Wildman–Crippen LogP) is 4.43. The monoisotopic (exact) mass is 806 g/mol. The Balaban J connectivity index is 0.753. The van der Waals surface area contributed by atoms with Crippen molar-refractivity contribution >= 4 is 46.7 Å². The molecule has 16 heteroatoms. The summed E-state index contributed by atoms with van der Waals surface area (Å²) in [5.41, 5.74) is 1.16. The summed E-state index contributed by atoms with van der Waals surface area (Å²) in [4.78, 5) is 75.0. The van der Waals surface area contributed by atoms with Crippen LogP contribution >= 0.6 is 0 Å². The van der Waals surface area contributed by atoms with Crippen LogP contribution in [-0.2, 0) is 20.6 Å². The number of hydrogen-bond acceptors (Lipinski definition) is 10. The number of rotatable bonds is 7. The Morgan fingerprint density at radius 1 is 0.864 bits per heavy atom. The van der Waals surface area contributed by atoms with Crippen molar-refractivity contribution in [2.45, 2.75) is 50.7 Å². The Bertz CT molecular complexity index is 2290. The molecule has 5 amide bonds. The molecular weight excluding hydrogens is 766 g/mol. The predicted molar refractivity (Wildman–Crippen MR) is 209 cm³/mol. The highest BCUT2D eigenvalue weighted by atomic mass is 19.4. The molecule has 4 fully saturated rings. The summed E-state index contributed by atoms with van der Waals surface area (Å²) in [7, 11) is 0. The summed E-state index contributed by atoms with van der Waals surface area (Å²) in [5, 5.41) is 14.2. The number of carbonyl (C=O) groups excluding carboxylic acids is 5. The number of amides is 5. The SMILES string of the molecule is N#Cc1ccc(N2CCC(C(=O)Nc3ccc(C#CC4CCN(CC5CN(c6ccc7c(c6)C(=O)N(C6CCC(=O)NC6=O)C7=O)C5)CC4)cn3)CC2)cc1C(F)(F)F. The van der Waals surface area contributed by atoms with E-state index in [4.69, 9.17) is 5.26 Å². The number of piperidine rings is 3. The highest BCUT2D eigenvalue weighted by Gasteiger charge is 2.45. The lowest BCUT2D eigenvalue weighted by Gasteiger charge is -2.44. The van der Waals surface area contributed by atoms with Crippen molar-refractivity contribution in [2.75, 3.05) is 60.9 Å². The van der Waals surface area contributed by atoms with Gasteiger partial charge in [-0.25, -0.2) is 4.98 Å². The van der Waals surface area contributed by atoms with Crippen molar-refractivity contribution in [1.29, 1.82) is 5.26 Å².